The first-order valence-electron chi connectivity index (χ1n) is 10.9. The maximum Gasteiger partial charge on any atom is 0.275 e. The lowest BCUT2D eigenvalue weighted by Crippen LogP contribution is -2.51. The summed E-state index contributed by atoms with van der Waals surface area (Å²) in [5.41, 5.74) is 0.625. The second-order valence-electron chi connectivity index (χ2n) is 9.29. The quantitative estimate of drug-likeness (QED) is 0.796. The number of piperidine rings is 1. The van der Waals surface area contributed by atoms with Gasteiger partial charge in [-0.1, -0.05) is 24.5 Å². The molecule has 7 heteroatoms. The van der Waals surface area contributed by atoms with Crippen LogP contribution in [0.4, 0.5) is 0 Å². The number of aromatic nitrogens is 3. The van der Waals surface area contributed by atoms with E-state index in [0.717, 1.165) is 38.8 Å². The summed E-state index contributed by atoms with van der Waals surface area (Å²) >= 11 is 0. The first-order chi connectivity index (χ1) is 13.5. The van der Waals surface area contributed by atoms with E-state index in [9.17, 15) is 9.59 Å². The Morgan fingerprint density at radius 3 is 2.43 bits per heavy atom. The Bertz CT molecular complexity index is 714. The molecule has 2 saturated carbocycles. The van der Waals surface area contributed by atoms with Gasteiger partial charge in [-0.05, 0) is 49.9 Å². The van der Waals surface area contributed by atoms with Gasteiger partial charge in [-0.25, -0.2) is 4.68 Å². The largest absolute Gasteiger partial charge is 0.343 e. The highest BCUT2D eigenvalue weighted by molar-refractivity contribution is 5.91. The van der Waals surface area contributed by atoms with E-state index >= 15 is 0 Å². The summed E-state index contributed by atoms with van der Waals surface area (Å²) in [6, 6.07) is 0.305. The molecule has 154 valence electrons. The number of amides is 2. The van der Waals surface area contributed by atoms with Crippen molar-refractivity contribution in [3.63, 3.8) is 0 Å². The van der Waals surface area contributed by atoms with E-state index in [0.29, 0.717) is 23.6 Å². The van der Waals surface area contributed by atoms with Crippen LogP contribution in [-0.4, -0.2) is 63.8 Å². The van der Waals surface area contributed by atoms with Gasteiger partial charge in [-0.15, -0.1) is 5.10 Å². The smallest absolute Gasteiger partial charge is 0.275 e. The molecule has 0 bridgehead atoms. The van der Waals surface area contributed by atoms with Crippen LogP contribution in [0.25, 0.3) is 0 Å². The zero-order valence-electron chi connectivity index (χ0n) is 17.3. The molecule has 1 atom stereocenters. The molecule has 4 rings (SSSR count). The van der Waals surface area contributed by atoms with Gasteiger partial charge in [0.15, 0.2) is 5.69 Å². The molecule has 2 heterocycles. The highest BCUT2D eigenvalue weighted by Gasteiger charge is 2.50. The Balaban J connectivity index is 1.33. The van der Waals surface area contributed by atoms with Crippen molar-refractivity contribution >= 4 is 11.8 Å². The SMILES string of the molecule is CN(C)C(=O)c1cn(C2CCC23CCN(C(=O)CC2CCCCC2)CC3)nn1. The lowest BCUT2D eigenvalue weighted by molar-refractivity contribution is -0.137. The molecule has 0 radical (unpaired) electrons. The summed E-state index contributed by atoms with van der Waals surface area (Å²) in [7, 11) is 3.46. The molecular formula is C21H33N5O2. The van der Waals surface area contributed by atoms with Gasteiger partial charge in [0.1, 0.15) is 0 Å². The van der Waals surface area contributed by atoms with Crippen LogP contribution < -0.4 is 0 Å². The lowest BCUT2D eigenvalue weighted by atomic mass is 9.59. The Hall–Kier alpha value is -1.92. The molecule has 1 saturated heterocycles. The van der Waals surface area contributed by atoms with Crippen molar-refractivity contribution < 1.29 is 9.59 Å². The van der Waals surface area contributed by atoms with E-state index in [1.54, 1.807) is 20.3 Å². The zero-order valence-corrected chi connectivity index (χ0v) is 17.3. The van der Waals surface area contributed by atoms with Crippen molar-refractivity contribution in [2.45, 2.75) is 70.3 Å². The second-order valence-corrected chi connectivity index (χ2v) is 9.29. The maximum absolute atomic E-state index is 12.7. The van der Waals surface area contributed by atoms with Crippen LogP contribution in [0, 0.1) is 11.3 Å². The maximum atomic E-state index is 12.7. The van der Waals surface area contributed by atoms with Crippen LogP contribution in [0.15, 0.2) is 6.20 Å². The van der Waals surface area contributed by atoms with E-state index in [2.05, 4.69) is 15.2 Å². The van der Waals surface area contributed by atoms with Crippen molar-refractivity contribution in [3.8, 4) is 0 Å². The average molecular weight is 388 g/mol. The third kappa shape index (κ3) is 3.67. The predicted octanol–water partition coefficient (Wildman–Crippen LogP) is 2.89. The van der Waals surface area contributed by atoms with Gasteiger partial charge in [-0.3, -0.25) is 9.59 Å². The summed E-state index contributed by atoms with van der Waals surface area (Å²) in [6.07, 6.45) is 13.2. The molecule has 2 aliphatic carbocycles. The second kappa shape index (κ2) is 7.84. The zero-order chi connectivity index (χ0) is 19.7. The van der Waals surface area contributed by atoms with Gasteiger partial charge >= 0.3 is 0 Å². The molecule has 1 aliphatic heterocycles. The van der Waals surface area contributed by atoms with Crippen LogP contribution >= 0.6 is 0 Å². The van der Waals surface area contributed by atoms with Crippen molar-refractivity contribution in [2.24, 2.45) is 11.3 Å². The number of hydrogen-bond acceptors (Lipinski definition) is 4. The number of likely N-dealkylation sites (tertiary alicyclic amines) is 1. The first kappa shape index (κ1) is 19.4. The van der Waals surface area contributed by atoms with Crippen LogP contribution in [0.5, 0.6) is 0 Å². The Labute approximate surface area is 167 Å². The molecule has 7 nitrogen and oxygen atoms in total. The highest BCUT2D eigenvalue weighted by atomic mass is 16.2. The van der Waals surface area contributed by atoms with E-state index < -0.39 is 0 Å². The molecule has 28 heavy (non-hydrogen) atoms. The minimum Gasteiger partial charge on any atom is -0.343 e. The molecule has 3 aliphatic rings. The van der Waals surface area contributed by atoms with Crippen molar-refractivity contribution in [2.75, 3.05) is 27.2 Å². The number of hydrogen-bond donors (Lipinski definition) is 0. The molecule has 0 aromatic carbocycles. The highest BCUT2D eigenvalue weighted by Crippen LogP contribution is 2.56. The third-order valence-corrected chi connectivity index (χ3v) is 7.38. The molecule has 1 aromatic heterocycles. The van der Waals surface area contributed by atoms with Crippen LogP contribution in [0.3, 0.4) is 0 Å². The van der Waals surface area contributed by atoms with E-state index in [-0.39, 0.29) is 11.3 Å². The fourth-order valence-electron chi connectivity index (χ4n) is 5.40. The van der Waals surface area contributed by atoms with Gasteiger partial charge in [-0.2, -0.15) is 0 Å². The normalized spacial score (nSPS) is 24.8. The summed E-state index contributed by atoms with van der Waals surface area (Å²) < 4.78 is 1.90. The Kier molecular flexibility index (Phi) is 5.43. The van der Waals surface area contributed by atoms with Crippen molar-refractivity contribution in [1.29, 1.82) is 0 Å². The van der Waals surface area contributed by atoms with Crippen LogP contribution in [-0.2, 0) is 4.79 Å². The molecule has 1 spiro atoms. The topological polar surface area (TPSA) is 71.3 Å². The number of rotatable bonds is 4. The minimum atomic E-state index is -0.109. The number of carbonyl (C=O) groups excluding carboxylic acids is 2. The predicted molar refractivity (Wildman–Crippen MR) is 106 cm³/mol. The summed E-state index contributed by atoms with van der Waals surface area (Å²) in [6.45, 7) is 1.72. The van der Waals surface area contributed by atoms with Crippen LogP contribution in [0.2, 0.25) is 0 Å². The third-order valence-electron chi connectivity index (χ3n) is 7.38. The average Bonchev–Trinajstić information content (AvgIpc) is 3.16. The van der Waals surface area contributed by atoms with Crippen molar-refractivity contribution in [3.05, 3.63) is 11.9 Å². The standard InChI is InChI=1S/C21H33N5O2/c1-24(2)20(28)17-15-26(23-22-17)18-8-9-21(18)10-12-25(13-11-21)19(27)14-16-6-4-3-5-7-16/h15-16,18H,3-14H2,1-2H3. The first-order valence-corrected chi connectivity index (χ1v) is 10.9. The van der Waals surface area contributed by atoms with Gasteiger partial charge in [0.25, 0.3) is 5.91 Å². The molecule has 3 fully saturated rings. The van der Waals surface area contributed by atoms with E-state index in [1.165, 1.54) is 43.4 Å². The monoisotopic (exact) mass is 387 g/mol. The van der Waals surface area contributed by atoms with Gasteiger partial charge in [0.05, 0.1) is 12.2 Å². The minimum absolute atomic E-state index is 0.109. The van der Waals surface area contributed by atoms with Gasteiger partial charge in [0, 0.05) is 33.6 Å². The summed E-state index contributed by atoms with van der Waals surface area (Å²) in [5, 5.41) is 8.35. The molecule has 0 N–H and O–H groups in total. The summed E-state index contributed by atoms with van der Waals surface area (Å²) in [5.74, 6) is 0.858. The van der Waals surface area contributed by atoms with Gasteiger partial charge in [0.2, 0.25) is 5.91 Å². The van der Waals surface area contributed by atoms with E-state index in [1.807, 2.05) is 4.68 Å². The molecule has 2 amide bonds. The Morgan fingerprint density at radius 1 is 1.11 bits per heavy atom. The molecule has 1 aromatic rings. The number of nitrogens with zero attached hydrogens (tertiary/aromatic N) is 5. The molecular weight excluding hydrogens is 354 g/mol. The van der Waals surface area contributed by atoms with E-state index in [4.69, 9.17) is 0 Å². The van der Waals surface area contributed by atoms with Crippen LogP contribution in [0.1, 0.15) is 80.7 Å². The summed E-state index contributed by atoms with van der Waals surface area (Å²) in [4.78, 5) is 28.5. The Morgan fingerprint density at radius 2 is 1.82 bits per heavy atom. The fraction of sp³-hybridized carbons (Fsp3) is 0.810. The van der Waals surface area contributed by atoms with Crippen molar-refractivity contribution in [1.82, 2.24) is 24.8 Å². The van der Waals surface area contributed by atoms with Gasteiger partial charge < -0.3 is 9.80 Å². The number of carbonyl (C=O) groups is 2. The fourth-order valence-corrected chi connectivity index (χ4v) is 5.40. The molecule has 1 unspecified atom stereocenters. The lowest BCUT2D eigenvalue weighted by Gasteiger charge is -2.53.